The van der Waals surface area contributed by atoms with E-state index < -0.39 is 0 Å². The molecule has 0 fully saturated rings. The van der Waals surface area contributed by atoms with E-state index in [-0.39, 0.29) is 18.2 Å². The normalized spacial score (nSPS) is 15.7. The molecule has 2 aromatic rings. The van der Waals surface area contributed by atoms with E-state index in [0.29, 0.717) is 56.6 Å². The van der Waals surface area contributed by atoms with E-state index in [1.807, 2.05) is 13.0 Å². The van der Waals surface area contributed by atoms with E-state index >= 15 is 0 Å². The SMILES string of the molecule is CCOCCOC1=C(C)C(C)=C(c2cccc(CNc3ccc(CCC(=O)OCC)c(F)c3)c2)C(C)C1. The van der Waals surface area contributed by atoms with Gasteiger partial charge in [-0.15, -0.1) is 0 Å². The maximum absolute atomic E-state index is 14.6. The predicted molar refractivity (Wildman–Crippen MR) is 147 cm³/mol. The maximum atomic E-state index is 14.6. The summed E-state index contributed by atoms with van der Waals surface area (Å²) in [6.45, 7) is 13.1. The quantitative estimate of drug-likeness (QED) is 0.231. The fourth-order valence-corrected chi connectivity index (χ4v) is 4.73. The van der Waals surface area contributed by atoms with Gasteiger partial charge in [-0.1, -0.05) is 31.2 Å². The van der Waals surface area contributed by atoms with Crippen molar-refractivity contribution in [1.29, 1.82) is 0 Å². The Hall–Kier alpha value is -3.12. The monoisotopic (exact) mass is 509 g/mol. The average Bonchev–Trinajstić information content (AvgIpc) is 2.88. The van der Waals surface area contributed by atoms with Crippen molar-refractivity contribution in [2.24, 2.45) is 5.92 Å². The van der Waals surface area contributed by atoms with Crippen LogP contribution in [0.1, 0.15) is 64.2 Å². The number of carbonyl (C=O) groups is 1. The molecule has 1 aliphatic carbocycles. The molecule has 1 N–H and O–H groups in total. The molecule has 0 aliphatic heterocycles. The van der Waals surface area contributed by atoms with Crippen LogP contribution < -0.4 is 5.32 Å². The van der Waals surface area contributed by atoms with Crippen molar-refractivity contribution in [3.63, 3.8) is 0 Å². The lowest BCUT2D eigenvalue weighted by Gasteiger charge is -2.28. The van der Waals surface area contributed by atoms with Gasteiger partial charge in [0.05, 0.1) is 19.0 Å². The summed E-state index contributed by atoms with van der Waals surface area (Å²) in [6, 6.07) is 13.6. The van der Waals surface area contributed by atoms with Crippen LogP contribution in [-0.4, -0.2) is 32.4 Å². The van der Waals surface area contributed by atoms with Crippen molar-refractivity contribution in [2.75, 3.05) is 31.7 Å². The zero-order valence-corrected chi connectivity index (χ0v) is 22.8. The van der Waals surface area contributed by atoms with Gasteiger partial charge in [-0.2, -0.15) is 0 Å². The van der Waals surface area contributed by atoms with Gasteiger partial charge < -0.3 is 19.5 Å². The van der Waals surface area contributed by atoms with Crippen molar-refractivity contribution >= 4 is 17.2 Å². The van der Waals surface area contributed by atoms with Crippen molar-refractivity contribution in [1.82, 2.24) is 0 Å². The number of esters is 1. The third-order valence-corrected chi connectivity index (χ3v) is 6.77. The highest BCUT2D eigenvalue weighted by Gasteiger charge is 2.24. The second-order valence-electron chi connectivity index (χ2n) is 9.40. The van der Waals surface area contributed by atoms with E-state index in [1.54, 1.807) is 13.0 Å². The van der Waals surface area contributed by atoms with Crippen LogP contribution in [0.15, 0.2) is 59.4 Å². The summed E-state index contributed by atoms with van der Waals surface area (Å²) < 4.78 is 31.0. The van der Waals surface area contributed by atoms with Crippen LogP contribution in [0, 0.1) is 11.7 Å². The lowest BCUT2D eigenvalue weighted by Crippen LogP contribution is -2.15. The van der Waals surface area contributed by atoms with Gasteiger partial charge in [0.1, 0.15) is 12.4 Å². The highest BCUT2D eigenvalue weighted by molar-refractivity contribution is 5.75. The summed E-state index contributed by atoms with van der Waals surface area (Å²) in [4.78, 5) is 11.6. The molecule has 0 amide bonds. The van der Waals surface area contributed by atoms with Crippen LogP contribution in [-0.2, 0) is 32.0 Å². The number of carbonyl (C=O) groups excluding carboxylic acids is 1. The second kappa shape index (κ2) is 14.0. The van der Waals surface area contributed by atoms with Gasteiger partial charge in [-0.25, -0.2) is 4.39 Å². The van der Waals surface area contributed by atoms with Gasteiger partial charge in [-0.05, 0) is 91.6 Å². The Kier molecular flexibility index (Phi) is 10.8. The van der Waals surface area contributed by atoms with Gasteiger partial charge in [0.15, 0.2) is 0 Å². The highest BCUT2D eigenvalue weighted by Crippen LogP contribution is 2.40. The van der Waals surface area contributed by atoms with Crippen molar-refractivity contribution in [2.45, 2.75) is 60.4 Å². The number of hydrogen-bond donors (Lipinski definition) is 1. The first-order chi connectivity index (χ1) is 17.8. The van der Waals surface area contributed by atoms with E-state index in [9.17, 15) is 9.18 Å². The fourth-order valence-electron chi connectivity index (χ4n) is 4.73. The van der Waals surface area contributed by atoms with Crippen molar-refractivity contribution in [3.8, 4) is 0 Å². The third-order valence-electron chi connectivity index (χ3n) is 6.77. The molecule has 0 heterocycles. The van der Waals surface area contributed by atoms with Crippen LogP contribution in [0.4, 0.5) is 10.1 Å². The number of rotatable bonds is 13. The Bertz CT molecular complexity index is 1140. The molecule has 0 aromatic heterocycles. The zero-order valence-electron chi connectivity index (χ0n) is 22.8. The van der Waals surface area contributed by atoms with E-state index in [0.717, 1.165) is 17.7 Å². The molecule has 1 unspecified atom stereocenters. The predicted octanol–water partition coefficient (Wildman–Crippen LogP) is 7.07. The third kappa shape index (κ3) is 7.93. The molecule has 0 saturated heterocycles. The zero-order chi connectivity index (χ0) is 26.8. The summed E-state index contributed by atoms with van der Waals surface area (Å²) in [7, 11) is 0. The number of ether oxygens (including phenoxy) is 3. The Morgan fingerprint density at radius 1 is 1.05 bits per heavy atom. The smallest absolute Gasteiger partial charge is 0.306 e. The van der Waals surface area contributed by atoms with E-state index in [2.05, 4.69) is 50.4 Å². The van der Waals surface area contributed by atoms with Crippen LogP contribution in [0.5, 0.6) is 0 Å². The Labute approximate surface area is 220 Å². The number of nitrogens with one attached hydrogen (secondary N) is 1. The molecule has 0 saturated carbocycles. The first kappa shape index (κ1) is 28.5. The largest absolute Gasteiger partial charge is 0.495 e. The topological polar surface area (TPSA) is 56.8 Å². The standard InChI is InChI=1S/C31H40FNO4/c1-6-35-15-16-37-29-17-21(3)31(23(5)22(29)4)26-10-8-9-24(18-26)20-33-27-13-11-25(28(32)19-27)12-14-30(34)36-7-2/h8-11,13,18-19,21,33H,6-7,12,14-17,20H2,1-5H3. The first-order valence-corrected chi connectivity index (χ1v) is 13.2. The molecule has 6 heteroatoms. The average molecular weight is 510 g/mol. The first-order valence-electron chi connectivity index (χ1n) is 13.2. The van der Waals surface area contributed by atoms with Gasteiger partial charge in [0.25, 0.3) is 0 Å². The van der Waals surface area contributed by atoms with Gasteiger partial charge in [0.2, 0.25) is 0 Å². The van der Waals surface area contributed by atoms with Gasteiger partial charge in [-0.3, -0.25) is 4.79 Å². The molecule has 2 aromatic carbocycles. The maximum Gasteiger partial charge on any atom is 0.306 e. The number of halogens is 1. The molecule has 3 rings (SSSR count). The van der Waals surface area contributed by atoms with Crippen LogP contribution in [0.3, 0.4) is 0 Å². The number of benzene rings is 2. The summed E-state index contributed by atoms with van der Waals surface area (Å²) in [5, 5.41) is 3.33. The Balaban J connectivity index is 1.67. The van der Waals surface area contributed by atoms with Crippen molar-refractivity contribution in [3.05, 3.63) is 81.9 Å². The van der Waals surface area contributed by atoms with Gasteiger partial charge >= 0.3 is 5.97 Å². The van der Waals surface area contributed by atoms with E-state index in [4.69, 9.17) is 14.2 Å². The molecule has 37 heavy (non-hydrogen) atoms. The van der Waals surface area contributed by atoms with Crippen LogP contribution in [0.2, 0.25) is 0 Å². The molecule has 200 valence electrons. The minimum absolute atomic E-state index is 0.174. The Morgan fingerprint density at radius 2 is 1.86 bits per heavy atom. The summed E-state index contributed by atoms with van der Waals surface area (Å²) in [6.07, 6.45) is 1.37. The minimum Gasteiger partial charge on any atom is -0.495 e. The molecule has 1 atom stereocenters. The second-order valence-corrected chi connectivity index (χ2v) is 9.40. The number of allylic oxidation sites excluding steroid dienone is 4. The van der Waals surface area contributed by atoms with Crippen LogP contribution in [0.25, 0.3) is 5.57 Å². The number of hydrogen-bond acceptors (Lipinski definition) is 5. The minimum atomic E-state index is -0.318. The van der Waals surface area contributed by atoms with Crippen molar-refractivity contribution < 1.29 is 23.4 Å². The molecule has 0 spiro atoms. The summed E-state index contributed by atoms with van der Waals surface area (Å²) in [5.74, 6) is 0.767. The molecular formula is C31H40FNO4. The summed E-state index contributed by atoms with van der Waals surface area (Å²) in [5.41, 5.74) is 7.35. The number of aryl methyl sites for hydroxylation is 1. The Morgan fingerprint density at radius 3 is 2.59 bits per heavy atom. The summed E-state index contributed by atoms with van der Waals surface area (Å²) >= 11 is 0. The highest BCUT2D eigenvalue weighted by atomic mass is 19.1. The molecular weight excluding hydrogens is 469 g/mol. The lowest BCUT2D eigenvalue weighted by molar-refractivity contribution is -0.143. The lowest BCUT2D eigenvalue weighted by atomic mass is 9.80. The molecule has 5 nitrogen and oxygen atoms in total. The molecule has 0 radical (unpaired) electrons. The molecule has 0 bridgehead atoms. The van der Waals surface area contributed by atoms with Crippen LogP contribution >= 0.6 is 0 Å². The number of anilines is 1. The fraction of sp³-hybridized carbons (Fsp3) is 0.452. The van der Waals surface area contributed by atoms with E-state index in [1.165, 1.54) is 28.3 Å². The molecule has 1 aliphatic rings. The van der Waals surface area contributed by atoms with Gasteiger partial charge in [0, 0.05) is 31.7 Å².